The molecule has 0 aliphatic carbocycles. The molecule has 0 saturated heterocycles. The van der Waals surface area contributed by atoms with Gasteiger partial charge in [0.25, 0.3) is 10.1 Å². The highest BCUT2D eigenvalue weighted by Gasteiger charge is 2.10. The van der Waals surface area contributed by atoms with Crippen molar-refractivity contribution in [3.05, 3.63) is 42.5 Å². The smallest absolute Gasteiger partial charge is 0.323 e. The fourth-order valence-electron chi connectivity index (χ4n) is 1.67. The number of benzene rings is 2. The average molecular weight is 324 g/mol. The zero-order chi connectivity index (χ0) is 16.3. The van der Waals surface area contributed by atoms with Crippen LogP contribution in [0.1, 0.15) is 0 Å². The van der Waals surface area contributed by atoms with Gasteiger partial charge in [0, 0.05) is 29.6 Å². The predicted molar refractivity (Wildman–Crippen MR) is 78.7 cm³/mol. The van der Waals surface area contributed by atoms with E-state index in [0.29, 0.717) is 0 Å². The number of hydrogen-bond acceptors (Lipinski definition) is 5. The second-order valence-corrected chi connectivity index (χ2v) is 5.74. The number of amides is 2. The maximum atomic E-state index is 11.7. The molecule has 9 heteroatoms. The normalized spacial score (nSPS) is 11.0. The molecule has 0 spiro atoms. The summed E-state index contributed by atoms with van der Waals surface area (Å²) in [5.41, 5.74) is 0.457. The molecular formula is C13H12N2O6S. The standard InChI is InChI=1S/C13H12N2O6S/c16-10-5-9(6-11(17)7-10)15-13(18)14-8-1-3-12(4-2-8)22(19,20)21/h1-7,16-17H,(H2,14,15,18)(H,19,20,21). The molecule has 0 heterocycles. The molecule has 116 valence electrons. The molecule has 0 unspecified atom stereocenters. The van der Waals surface area contributed by atoms with Crippen molar-refractivity contribution in [1.82, 2.24) is 0 Å². The number of nitrogens with one attached hydrogen (secondary N) is 2. The number of carbonyl (C=O) groups is 1. The number of anilines is 2. The Morgan fingerprint density at radius 3 is 1.86 bits per heavy atom. The summed E-state index contributed by atoms with van der Waals surface area (Å²) in [4.78, 5) is 11.4. The molecule has 2 amide bonds. The Hall–Kier alpha value is -2.78. The summed E-state index contributed by atoms with van der Waals surface area (Å²) in [5, 5.41) is 23.4. The van der Waals surface area contributed by atoms with Crippen LogP contribution in [-0.2, 0) is 10.1 Å². The molecule has 0 bridgehead atoms. The number of carbonyl (C=O) groups excluding carboxylic acids is 1. The van der Waals surface area contributed by atoms with Gasteiger partial charge in [0.15, 0.2) is 0 Å². The molecule has 5 N–H and O–H groups in total. The lowest BCUT2D eigenvalue weighted by atomic mass is 10.3. The van der Waals surface area contributed by atoms with Gasteiger partial charge in [-0.2, -0.15) is 8.42 Å². The van der Waals surface area contributed by atoms with Crippen LogP contribution in [0.15, 0.2) is 47.4 Å². The van der Waals surface area contributed by atoms with Crippen LogP contribution in [0.4, 0.5) is 16.2 Å². The number of phenols is 2. The number of phenolic OH excluding ortho intramolecular Hbond substituents is 2. The van der Waals surface area contributed by atoms with E-state index in [0.717, 1.165) is 18.2 Å². The van der Waals surface area contributed by atoms with Crippen LogP contribution >= 0.6 is 0 Å². The molecule has 0 aliphatic heterocycles. The third-order valence-electron chi connectivity index (χ3n) is 2.57. The summed E-state index contributed by atoms with van der Waals surface area (Å²) < 4.78 is 30.6. The first-order chi connectivity index (χ1) is 10.2. The van der Waals surface area contributed by atoms with Crippen LogP contribution in [0.5, 0.6) is 11.5 Å². The summed E-state index contributed by atoms with van der Waals surface area (Å²) in [6, 6.07) is 7.77. The zero-order valence-corrected chi connectivity index (χ0v) is 11.8. The van der Waals surface area contributed by atoms with E-state index in [1.54, 1.807) is 0 Å². The van der Waals surface area contributed by atoms with Gasteiger partial charge in [-0.05, 0) is 24.3 Å². The highest BCUT2D eigenvalue weighted by Crippen LogP contribution is 2.24. The molecule has 0 fully saturated rings. The Morgan fingerprint density at radius 1 is 0.864 bits per heavy atom. The van der Waals surface area contributed by atoms with E-state index in [-0.39, 0.29) is 27.8 Å². The Balaban J connectivity index is 2.06. The Kier molecular flexibility index (Phi) is 4.20. The number of urea groups is 1. The van der Waals surface area contributed by atoms with E-state index in [1.165, 1.54) is 24.3 Å². The van der Waals surface area contributed by atoms with Crippen molar-refractivity contribution < 1.29 is 28.0 Å². The van der Waals surface area contributed by atoms with E-state index in [9.17, 15) is 23.4 Å². The van der Waals surface area contributed by atoms with Crippen LogP contribution in [0.3, 0.4) is 0 Å². The minimum absolute atomic E-state index is 0.171. The van der Waals surface area contributed by atoms with Crippen LogP contribution < -0.4 is 10.6 Å². The Labute approximate surface area is 125 Å². The van der Waals surface area contributed by atoms with Gasteiger partial charge in [0.1, 0.15) is 11.5 Å². The van der Waals surface area contributed by atoms with Gasteiger partial charge in [0.05, 0.1) is 4.90 Å². The predicted octanol–water partition coefficient (Wildman–Crippen LogP) is 1.99. The zero-order valence-electron chi connectivity index (χ0n) is 11.0. The molecule has 22 heavy (non-hydrogen) atoms. The fourth-order valence-corrected chi connectivity index (χ4v) is 2.15. The Bertz CT molecular complexity index is 782. The third-order valence-corrected chi connectivity index (χ3v) is 3.44. The summed E-state index contributed by atoms with van der Waals surface area (Å²) in [5.74, 6) is -0.430. The lowest BCUT2D eigenvalue weighted by molar-refractivity contribution is 0.262. The molecule has 0 aromatic heterocycles. The second kappa shape index (κ2) is 5.92. The molecule has 0 atom stereocenters. The van der Waals surface area contributed by atoms with E-state index in [4.69, 9.17) is 4.55 Å². The monoisotopic (exact) mass is 324 g/mol. The van der Waals surface area contributed by atoms with Gasteiger partial charge in [-0.3, -0.25) is 4.55 Å². The van der Waals surface area contributed by atoms with Crippen LogP contribution in [0.2, 0.25) is 0 Å². The molecule has 0 radical (unpaired) electrons. The van der Waals surface area contributed by atoms with E-state index in [2.05, 4.69) is 10.6 Å². The topological polar surface area (TPSA) is 136 Å². The maximum absolute atomic E-state index is 11.7. The number of rotatable bonds is 3. The van der Waals surface area contributed by atoms with Gasteiger partial charge >= 0.3 is 6.03 Å². The minimum Gasteiger partial charge on any atom is -0.508 e. The summed E-state index contributed by atoms with van der Waals surface area (Å²) in [6.45, 7) is 0. The van der Waals surface area contributed by atoms with Gasteiger partial charge < -0.3 is 20.8 Å². The third kappa shape index (κ3) is 4.11. The van der Waals surface area contributed by atoms with Crippen molar-refractivity contribution in [2.75, 3.05) is 10.6 Å². The average Bonchev–Trinajstić information content (AvgIpc) is 2.36. The summed E-state index contributed by atoms with van der Waals surface area (Å²) >= 11 is 0. The van der Waals surface area contributed by atoms with Crippen molar-refractivity contribution in [3.8, 4) is 11.5 Å². The summed E-state index contributed by atoms with van der Waals surface area (Å²) in [6.07, 6.45) is 0. The number of aromatic hydroxyl groups is 2. The van der Waals surface area contributed by atoms with Crippen molar-refractivity contribution in [1.29, 1.82) is 0 Å². The molecule has 2 aromatic rings. The Morgan fingerprint density at radius 2 is 1.36 bits per heavy atom. The largest absolute Gasteiger partial charge is 0.508 e. The van der Waals surface area contributed by atoms with E-state index >= 15 is 0 Å². The van der Waals surface area contributed by atoms with Crippen molar-refractivity contribution in [2.45, 2.75) is 4.90 Å². The van der Waals surface area contributed by atoms with Crippen LogP contribution in [0.25, 0.3) is 0 Å². The maximum Gasteiger partial charge on any atom is 0.323 e. The molecular weight excluding hydrogens is 312 g/mol. The summed E-state index contributed by atoms with van der Waals surface area (Å²) in [7, 11) is -4.29. The molecule has 2 aromatic carbocycles. The minimum atomic E-state index is -4.29. The lowest BCUT2D eigenvalue weighted by Crippen LogP contribution is -2.19. The quantitative estimate of drug-likeness (QED) is 0.548. The molecule has 0 saturated carbocycles. The highest BCUT2D eigenvalue weighted by atomic mass is 32.2. The lowest BCUT2D eigenvalue weighted by Gasteiger charge is -2.08. The second-order valence-electron chi connectivity index (χ2n) is 4.32. The highest BCUT2D eigenvalue weighted by molar-refractivity contribution is 7.85. The van der Waals surface area contributed by atoms with Crippen molar-refractivity contribution in [3.63, 3.8) is 0 Å². The van der Waals surface area contributed by atoms with Gasteiger partial charge in [-0.25, -0.2) is 4.79 Å². The van der Waals surface area contributed by atoms with Gasteiger partial charge in [0.2, 0.25) is 0 Å². The van der Waals surface area contributed by atoms with Crippen LogP contribution in [0, 0.1) is 0 Å². The molecule has 8 nitrogen and oxygen atoms in total. The fraction of sp³-hybridized carbons (Fsp3) is 0. The van der Waals surface area contributed by atoms with E-state index < -0.39 is 16.1 Å². The first-order valence-electron chi connectivity index (χ1n) is 5.92. The van der Waals surface area contributed by atoms with Gasteiger partial charge in [-0.1, -0.05) is 0 Å². The van der Waals surface area contributed by atoms with Crippen LogP contribution in [-0.4, -0.2) is 29.2 Å². The molecule has 2 rings (SSSR count). The molecule has 0 aliphatic rings. The number of hydrogen-bond donors (Lipinski definition) is 5. The first kappa shape index (κ1) is 15.6. The van der Waals surface area contributed by atoms with E-state index in [1.807, 2.05) is 0 Å². The van der Waals surface area contributed by atoms with Crippen molar-refractivity contribution >= 4 is 27.5 Å². The van der Waals surface area contributed by atoms with Gasteiger partial charge in [-0.15, -0.1) is 0 Å². The van der Waals surface area contributed by atoms with Crippen molar-refractivity contribution in [2.24, 2.45) is 0 Å². The SMILES string of the molecule is O=C(Nc1ccc(S(=O)(=O)O)cc1)Nc1cc(O)cc(O)c1. The first-order valence-corrected chi connectivity index (χ1v) is 7.36.